The Labute approximate surface area is 186 Å². The quantitative estimate of drug-likeness (QED) is 0.741. The van der Waals surface area contributed by atoms with Crippen LogP contribution in [0.3, 0.4) is 0 Å². The molecule has 6 nitrogen and oxygen atoms in total. The second-order valence-electron chi connectivity index (χ2n) is 8.52. The van der Waals surface area contributed by atoms with Crippen LogP contribution >= 0.6 is 0 Å². The van der Waals surface area contributed by atoms with Crippen LogP contribution in [0.1, 0.15) is 11.1 Å². The summed E-state index contributed by atoms with van der Waals surface area (Å²) >= 11 is 0. The molecule has 0 spiro atoms. The van der Waals surface area contributed by atoms with E-state index < -0.39 is 0 Å². The van der Waals surface area contributed by atoms with Crippen molar-refractivity contribution in [3.8, 4) is 5.75 Å². The van der Waals surface area contributed by atoms with Gasteiger partial charge in [0.15, 0.2) is 0 Å². The van der Waals surface area contributed by atoms with E-state index in [-0.39, 0.29) is 5.91 Å². The van der Waals surface area contributed by atoms with Crippen LogP contribution in [0.25, 0.3) is 0 Å². The number of amides is 1. The first kappa shape index (κ1) is 21.5. The van der Waals surface area contributed by atoms with Gasteiger partial charge in [-0.05, 0) is 43.2 Å². The van der Waals surface area contributed by atoms with Crippen molar-refractivity contribution in [3.05, 3.63) is 53.6 Å². The summed E-state index contributed by atoms with van der Waals surface area (Å²) in [5, 5.41) is 0. The summed E-state index contributed by atoms with van der Waals surface area (Å²) in [4.78, 5) is 22.0. The molecular weight excluding hydrogens is 388 g/mol. The Hall–Kier alpha value is -2.73. The lowest BCUT2D eigenvalue weighted by Crippen LogP contribution is -2.54. The number of anilines is 2. The maximum atomic E-state index is 12.9. The summed E-state index contributed by atoms with van der Waals surface area (Å²) in [6.45, 7) is 11.9. The van der Waals surface area contributed by atoms with Crippen molar-refractivity contribution in [1.82, 2.24) is 9.80 Å². The lowest BCUT2D eigenvalue weighted by atomic mass is 10.1. The van der Waals surface area contributed by atoms with E-state index >= 15 is 0 Å². The van der Waals surface area contributed by atoms with Crippen LogP contribution in [-0.4, -0.2) is 81.7 Å². The van der Waals surface area contributed by atoms with Gasteiger partial charge in [-0.25, -0.2) is 0 Å². The summed E-state index contributed by atoms with van der Waals surface area (Å²) in [6.07, 6.45) is 0. The van der Waals surface area contributed by atoms with Crippen LogP contribution in [0, 0.1) is 13.8 Å². The minimum atomic E-state index is 0.256. The van der Waals surface area contributed by atoms with Gasteiger partial charge in [0.2, 0.25) is 5.91 Å². The van der Waals surface area contributed by atoms with Crippen molar-refractivity contribution < 1.29 is 9.53 Å². The molecule has 0 bridgehead atoms. The normalized spacial score (nSPS) is 17.7. The molecule has 2 aliphatic heterocycles. The molecular formula is C25H34N4O2. The van der Waals surface area contributed by atoms with Crippen molar-refractivity contribution in [3.63, 3.8) is 0 Å². The van der Waals surface area contributed by atoms with Crippen LogP contribution < -0.4 is 14.5 Å². The van der Waals surface area contributed by atoms with E-state index in [1.165, 1.54) is 16.8 Å². The molecule has 0 aliphatic carbocycles. The fourth-order valence-electron chi connectivity index (χ4n) is 4.60. The Balaban J connectivity index is 1.26. The third-order valence-corrected chi connectivity index (χ3v) is 6.71. The van der Waals surface area contributed by atoms with Crippen molar-refractivity contribution in [2.45, 2.75) is 13.8 Å². The molecule has 2 aromatic rings. The fourth-order valence-corrected chi connectivity index (χ4v) is 4.60. The van der Waals surface area contributed by atoms with E-state index in [4.69, 9.17) is 4.74 Å². The lowest BCUT2D eigenvalue weighted by Gasteiger charge is -2.39. The number of ether oxygens (including phenoxy) is 1. The molecule has 4 rings (SSSR count). The standard InChI is InChI=1S/C25H34N4O2/c1-20-7-6-9-22(21(20)2)27-15-17-29(18-16-27)25(30)19-26-11-13-28(14-12-26)23-8-4-5-10-24(23)31-3/h4-10H,11-19H2,1-3H3. The van der Waals surface area contributed by atoms with Gasteiger partial charge in [-0.2, -0.15) is 0 Å². The maximum absolute atomic E-state index is 12.9. The molecule has 0 saturated carbocycles. The molecule has 2 heterocycles. The maximum Gasteiger partial charge on any atom is 0.236 e. The van der Waals surface area contributed by atoms with Gasteiger partial charge in [0.05, 0.1) is 19.3 Å². The Morgan fingerprint density at radius 2 is 1.42 bits per heavy atom. The summed E-state index contributed by atoms with van der Waals surface area (Å²) in [5.41, 5.74) is 5.11. The zero-order valence-electron chi connectivity index (χ0n) is 19.0. The van der Waals surface area contributed by atoms with E-state index in [1.54, 1.807) is 7.11 Å². The third kappa shape index (κ3) is 4.79. The van der Waals surface area contributed by atoms with Crippen LogP contribution in [0.2, 0.25) is 0 Å². The van der Waals surface area contributed by atoms with Gasteiger partial charge in [-0.3, -0.25) is 9.69 Å². The Kier molecular flexibility index (Phi) is 6.66. The highest BCUT2D eigenvalue weighted by Crippen LogP contribution is 2.28. The summed E-state index contributed by atoms with van der Waals surface area (Å²) in [6, 6.07) is 14.6. The zero-order valence-corrected chi connectivity index (χ0v) is 19.0. The number of hydrogen-bond acceptors (Lipinski definition) is 5. The molecule has 2 aliphatic rings. The minimum Gasteiger partial charge on any atom is -0.495 e. The number of piperazine rings is 2. The Morgan fingerprint density at radius 1 is 0.806 bits per heavy atom. The molecule has 0 aromatic heterocycles. The Bertz CT molecular complexity index is 900. The molecule has 0 N–H and O–H groups in total. The van der Waals surface area contributed by atoms with Crippen molar-refractivity contribution >= 4 is 17.3 Å². The number of methoxy groups -OCH3 is 1. The summed E-state index contributed by atoms with van der Waals surface area (Å²) in [5.74, 6) is 1.17. The molecule has 31 heavy (non-hydrogen) atoms. The zero-order chi connectivity index (χ0) is 21.8. The van der Waals surface area contributed by atoms with Crippen molar-refractivity contribution in [2.75, 3.05) is 75.8 Å². The number of hydrogen-bond donors (Lipinski definition) is 0. The highest BCUT2D eigenvalue weighted by molar-refractivity contribution is 5.78. The Morgan fingerprint density at radius 3 is 2.13 bits per heavy atom. The van der Waals surface area contributed by atoms with E-state index in [9.17, 15) is 4.79 Å². The number of carbonyl (C=O) groups is 1. The second-order valence-corrected chi connectivity index (χ2v) is 8.52. The molecule has 2 saturated heterocycles. The van der Waals surface area contributed by atoms with E-state index in [0.29, 0.717) is 6.54 Å². The van der Waals surface area contributed by atoms with Crippen LogP contribution in [-0.2, 0) is 4.79 Å². The first-order chi connectivity index (χ1) is 15.1. The predicted octanol–water partition coefficient (Wildman–Crippen LogP) is 2.78. The van der Waals surface area contributed by atoms with Crippen molar-refractivity contribution in [2.24, 2.45) is 0 Å². The number of para-hydroxylation sites is 2. The highest BCUT2D eigenvalue weighted by atomic mass is 16.5. The second kappa shape index (κ2) is 9.60. The molecule has 0 radical (unpaired) electrons. The number of nitrogens with zero attached hydrogens (tertiary/aromatic N) is 4. The van der Waals surface area contributed by atoms with E-state index in [1.807, 2.05) is 23.1 Å². The molecule has 1 amide bonds. The third-order valence-electron chi connectivity index (χ3n) is 6.71. The average molecular weight is 423 g/mol. The van der Waals surface area contributed by atoms with Gasteiger partial charge in [0.1, 0.15) is 5.75 Å². The van der Waals surface area contributed by atoms with Gasteiger partial charge in [-0.1, -0.05) is 24.3 Å². The summed E-state index contributed by atoms with van der Waals surface area (Å²) < 4.78 is 5.50. The molecule has 2 aromatic carbocycles. The number of aryl methyl sites for hydroxylation is 1. The molecule has 0 unspecified atom stereocenters. The van der Waals surface area contributed by atoms with Crippen LogP contribution in [0.5, 0.6) is 5.75 Å². The van der Waals surface area contributed by atoms with Crippen LogP contribution in [0.15, 0.2) is 42.5 Å². The van der Waals surface area contributed by atoms with Gasteiger partial charge in [-0.15, -0.1) is 0 Å². The predicted molar refractivity (Wildman–Crippen MR) is 126 cm³/mol. The van der Waals surface area contributed by atoms with Gasteiger partial charge < -0.3 is 19.4 Å². The van der Waals surface area contributed by atoms with Gasteiger partial charge >= 0.3 is 0 Å². The largest absolute Gasteiger partial charge is 0.495 e. The van der Waals surface area contributed by atoms with Crippen LogP contribution in [0.4, 0.5) is 11.4 Å². The van der Waals surface area contributed by atoms with E-state index in [0.717, 1.165) is 63.8 Å². The first-order valence-electron chi connectivity index (χ1n) is 11.3. The average Bonchev–Trinajstić information content (AvgIpc) is 2.81. The number of rotatable bonds is 5. The molecule has 2 fully saturated rings. The van der Waals surface area contributed by atoms with E-state index in [2.05, 4.69) is 52.8 Å². The number of carbonyl (C=O) groups excluding carboxylic acids is 1. The first-order valence-corrected chi connectivity index (χ1v) is 11.3. The number of benzene rings is 2. The summed E-state index contributed by atoms with van der Waals surface area (Å²) in [7, 11) is 1.72. The topological polar surface area (TPSA) is 39.3 Å². The fraction of sp³-hybridized carbons (Fsp3) is 0.480. The molecule has 166 valence electrons. The SMILES string of the molecule is COc1ccccc1N1CCN(CC(=O)N2CCN(c3cccc(C)c3C)CC2)CC1. The molecule has 0 atom stereocenters. The minimum absolute atomic E-state index is 0.256. The van der Waals surface area contributed by atoms with Gasteiger partial charge in [0.25, 0.3) is 0 Å². The highest BCUT2D eigenvalue weighted by Gasteiger charge is 2.26. The molecule has 6 heteroatoms. The van der Waals surface area contributed by atoms with Crippen molar-refractivity contribution in [1.29, 1.82) is 0 Å². The lowest BCUT2D eigenvalue weighted by molar-refractivity contribution is -0.132. The van der Waals surface area contributed by atoms with Gasteiger partial charge in [0, 0.05) is 58.0 Å². The monoisotopic (exact) mass is 422 g/mol. The smallest absolute Gasteiger partial charge is 0.236 e.